The third kappa shape index (κ3) is 4.63. The van der Waals surface area contributed by atoms with Gasteiger partial charge >= 0.3 is 0 Å². The van der Waals surface area contributed by atoms with E-state index in [9.17, 15) is 14.4 Å². The van der Waals surface area contributed by atoms with E-state index >= 15 is 0 Å². The molecular formula is C20H21N3O4. The molecule has 0 bridgehead atoms. The summed E-state index contributed by atoms with van der Waals surface area (Å²) in [7, 11) is 0. The van der Waals surface area contributed by atoms with E-state index in [1.54, 1.807) is 24.3 Å². The van der Waals surface area contributed by atoms with Crippen molar-refractivity contribution in [3.05, 3.63) is 54.1 Å². The zero-order chi connectivity index (χ0) is 19.2. The second-order valence-corrected chi connectivity index (χ2v) is 6.13. The van der Waals surface area contributed by atoms with Crippen LogP contribution in [-0.2, 0) is 20.8 Å². The van der Waals surface area contributed by atoms with Gasteiger partial charge in [-0.2, -0.15) is 0 Å². The second-order valence-electron chi connectivity index (χ2n) is 6.13. The number of amides is 3. The molecule has 0 unspecified atom stereocenters. The summed E-state index contributed by atoms with van der Waals surface area (Å²) in [4.78, 5) is 36.2. The molecule has 7 heteroatoms. The lowest BCUT2D eigenvalue weighted by atomic mass is 10.1. The van der Waals surface area contributed by atoms with E-state index in [-0.39, 0.29) is 24.8 Å². The number of hydrogen-bond acceptors (Lipinski definition) is 4. The molecule has 7 nitrogen and oxygen atoms in total. The number of rotatable bonds is 6. The molecule has 0 saturated heterocycles. The maximum atomic E-state index is 12.1. The van der Waals surface area contributed by atoms with E-state index in [1.807, 2.05) is 31.2 Å². The van der Waals surface area contributed by atoms with E-state index < -0.39 is 12.0 Å². The van der Waals surface area contributed by atoms with Crippen LogP contribution in [0.25, 0.3) is 0 Å². The number of hydrogen-bond donors (Lipinski definition) is 3. The molecule has 0 aliphatic carbocycles. The standard InChI is InChI=1S/C20H21N3O4/c1-2-13-7-3-4-8-14(13)22-19(25)12-21-18(24)11-17-20(26)23-15-9-5-6-10-16(15)27-17/h3-10,17H,2,11-12H2,1H3,(H,21,24)(H,22,25)(H,23,26)/t17-/m1/s1. The summed E-state index contributed by atoms with van der Waals surface area (Å²) in [6.45, 7) is 1.82. The number of carbonyl (C=O) groups excluding carboxylic acids is 3. The van der Waals surface area contributed by atoms with E-state index in [2.05, 4.69) is 16.0 Å². The monoisotopic (exact) mass is 367 g/mol. The maximum Gasteiger partial charge on any atom is 0.266 e. The molecule has 1 aliphatic rings. The normalized spacial score (nSPS) is 15.1. The highest BCUT2D eigenvalue weighted by atomic mass is 16.5. The quantitative estimate of drug-likeness (QED) is 0.728. The third-order valence-electron chi connectivity index (χ3n) is 4.20. The number of para-hydroxylation sites is 3. The molecule has 1 atom stereocenters. The number of benzene rings is 2. The third-order valence-corrected chi connectivity index (χ3v) is 4.20. The average Bonchev–Trinajstić information content (AvgIpc) is 2.67. The van der Waals surface area contributed by atoms with Crippen molar-refractivity contribution < 1.29 is 19.1 Å². The molecule has 27 heavy (non-hydrogen) atoms. The van der Waals surface area contributed by atoms with E-state index in [0.29, 0.717) is 11.4 Å². The molecule has 1 aliphatic heterocycles. The molecule has 1 heterocycles. The fourth-order valence-electron chi connectivity index (χ4n) is 2.79. The summed E-state index contributed by atoms with van der Waals surface area (Å²) >= 11 is 0. The zero-order valence-electron chi connectivity index (χ0n) is 15.0. The number of nitrogens with one attached hydrogen (secondary N) is 3. The highest BCUT2D eigenvalue weighted by Crippen LogP contribution is 2.29. The van der Waals surface area contributed by atoms with Crippen molar-refractivity contribution in [1.82, 2.24) is 5.32 Å². The van der Waals surface area contributed by atoms with Crippen LogP contribution in [0.2, 0.25) is 0 Å². The second kappa shape index (κ2) is 8.35. The van der Waals surface area contributed by atoms with Gasteiger partial charge < -0.3 is 20.7 Å². The van der Waals surface area contributed by atoms with Gasteiger partial charge in [0.05, 0.1) is 18.7 Å². The lowest BCUT2D eigenvalue weighted by Gasteiger charge is -2.25. The first-order chi connectivity index (χ1) is 13.1. The van der Waals surface area contributed by atoms with Gasteiger partial charge in [0.2, 0.25) is 11.8 Å². The fraction of sp³-hybridized carbons (Fsp3) is 0.250. The van der Waals surface area contributed by atoms with Gasteiger partial charge in [-0.15, -0.1) is 0 Å². The molecular weight excluding hydrogens is 346 g/mol. The van der Waals surface area contributed by atoms with Gasteiger partial charge in [-0.1, -0.05) is 37.3 Å². The van der Waals surface area contributed by atoms with Crippen LogP contribution in [0, 0.1) is 0 Å². The van der Waals surface area contributed by atoms with Crippen molar-refractivity contribution in [2.75, 3.05) is 17.2 Å². The van der Waals surface area contributed by atoms with Crippen molar-refractivity contribution in [1.29, 1.82) is 0 Å². The fourth-order valence-corrected chi connectivity index (χ4v) is 2.79. The minimum atomic E-state index is -0.927. The van der Waals surface area contributed by atoms with Crippen LogP contribution in [-0.4, -0.2) is 30.4 Å². The largest absolute Gasteiger partial charge is 0.478 e. The number of ether oxygens (including phenoxy) is 1. The highest BCUT2D eigenvalue weighted by molar-refractivity contribution is 6.00. The minimum absolute atomic E-state index is 0.168. The van der Waals surface area contributed by atoms with E-state index in [0.717, 1.165) is 17.7 Å². The first kappa shape index (κ1) is 18.4. The molecule has 0 aromatic heterocycles. The summed E-state index contributed by atoms with van der Waals surface area (Å²) in [6, 6.07) is 14.5. The molecule has 0 fully saturated rings. The Hall–Kier alpha value is -3.35. The SMILES string of the molecule is CCc1ccccc1NC(=O)CNC(=O)C[C@H]1Oc2ccccc2NC1=O. The Morgan fingerprint density at radius 3 is 2.63 bits per heavy atom. The van der Waals surface area contributed by atoms with Crippen LogP contribution >= 0.6 is 0 Å². The smallest absolute Gasteiger partial charge is 0.266 e. The van der Waals surface area contributed by atoms with Gasteiger partial charge in [0.1, 0.15) is 5.75 Å². The Morgan fingerprint density at radius 1 is 1.07 bits per heavy atom. The van der Waals surface area contributed by atoms with Crippen LogP contribution in [0.5, 0.6) is 5.75 Å². The predicted octanol–water partition coefficient (Wildman–Crippen LogP) is 2.09. The Labute approximate surface area is 157 Å². The van der Waals surface area contributed by atoms with E-state index in [1.165, 1.54) is 0 Å². The molecule has 0 spiro atoms. The van der Waals surface area contributed by atoms with Gasteiger partial charge in [-0.3, -0.25) is 14.4 Å². The molecule has 0 radical (unpaired) electrons. The van der Waals surface area contributed by atoms with Crippen molar-refractivity contribution in [3.8, 4) is 5.75 Å². The van der Waals surface area contributed by atoms with Gasteiger partial charge in [-0.05, 0) is 30.2 Å². The molecule has 140 valence electrons. The maximum absolute atomic E-state index is 12.1. The first-order valence-corrected chi connectivity index (χ1v) is 8.78. The molecule has 2 aromatic rings. The molecule has 3 amide bonds. The zero-order valence-corrected chi connectivity index (χ0v) is 15.0. The van der Waals surface area contributed by atoms with Crippen LogP contribution in [0.3, 0.4) is 0 Å². The molecule has 2 aromatic carbocycles. The number of anilines is 2. The average molecular weight is 367 g/mol. The molecule has 3 N–H and O–H groups in total. The summed E-state index contributed by atoms with van der Waals surface area (Å²) < 4.78 is 5.57. The van der Waals surface area contributed by atoms with E-state index in [4.69, 9.17) is 4.74 Å². The minimum Gasteiger partial charge on any atom is -0.478 e. The number of fused-ring (bicyclic) bond motifs is 1. The Morgan fingerprint density at radius 2 is 1.81 bits per heavy atom. The Bertz CT molecular complexity index is 866. The highest BCUT2D eigenvalue weighted by Gasteiger charge is 2.29. The van der Waals surface area contributed by atoms with Crippen molar-refractivity contribution in [3.63, 3.8) is 0 Å². The van der Waals surface area contributed by atoms with Crippen LogP contribution < -0.4 is 20.7 Å². The Kier molecular flexibility index (Phi) is 5.71. The topological polar surface area (TPSA) is 96.5 Å². The van der Waals surface area contributed by atoms with Gasteiger partial charge in [0, 0.05) is 5.69 Å². The summed E-state index contributed by atoms with van der Waals surface area (Å²) in [5.41, 5.74) is 2.32. The van der Waals surface area contributed by atoms with Gasteiger partial charge in [0.25, 0.3) is 5.91 Å². The first-order valence-electron chi connectivity index (χ1n) is 8.78. The van der Waals surface area contributed by atoms with Crippen molar-refractivity contribution in [2.24, 2.45) is 0 Å². The number of aryl methyl sites for hydroxylation is 1. The van der Waals surface area contributed by atoms with Gasteiger partial charge in [0.15, 0.2) is 6.10 Å². The van der Waals surface area contributed by atoms with Crippen molar-refractivity contribution >= 4 is 29.1 Å². The van der Waals surface area contributed by atoms with Crippen LogP contribution in [0.4, 0.5) is 11.4 Å². The summed E-state index contributed by atoms with van der Waals surface area (Å²) in [5, 5.41) is 8.00. The lowest BCUT2D eigenvalue weighted by Crippen LogP contribution is -2.42. The predicted molar refractivity (Wildman–Crippen MR) is 102 cm³/mol. The summed E-state index contributed by atoms with van der Waals surface area (Å²) in [6.07, 6.45) is -0.305. The van der Waals surface area contributed by atoms with Crippen LogP contribution in [0.15, 0.2) is 48.5 Å². The lowest BCUT2D eigenvalue weighted by molar-refractivity contribution is -0.131. The van der Waals surface area contributed by atoms with Crippen molar-refractivity contribution in [2.45, 2.75) is 25.9 Å². The molecule has 3 rings (SSSR count). The van der Waals surface area contributed by atoms with Gasteiger partial charge in [-0.25, -0.2) is 0 Å². The van der Waals surface area contributed by atoms with Crippen LogP contribution in [0.1, 0.15) is 18.9 Å². The number of carbonyl (C=O) groups is 3. The molecule has 0 saturated carbocycles. The summed E-state index contributed by atoms with van der Waals surface area (Å²) in [5.74, 6) is -0.633. The Balaban J connectivity index is 1.50.